The molecule has 6 heteroatoms. The lowest BCUT2D eigenvalue weighted by molar-refractivity contribution is -0.142. The minimum Gasteiger partial charge on any atom is -0.479 e. The van der Waals surface area contributed by atoms with Crippen molar-refractivity contribution in [3.05, 3.63) is 34.9 Å². The first kappa shape index (κ1) is 17.1. The minimum absolute atomic E-state index is 0.196. The van der Waals surface area contributed by atoms with Gasteiger partial charge in [-0.2, -0.15) is 0 Å². The van der Waals surface area contributed by atoms with Gasteiger partial charge in [0, 0.05) is 7.11 Å². The molecule has 1 atom stereocenters. The van der Waals surface area contributed by atoms with E-state index < -0.39 is 17.9 Å². The Morgan fingerprint density at radius 3 is 2.52 bits per heavy atom. The number of amides is 1. The molecule has 0 aliphatic carbocycles. The highest BCUT2D eigenvalue weighted by Crippen LogP contribution is 2.17. The average molecular weight is 295 g/mol. The molecule has 2 N–H and O–H groups in total. The summed E-state index contributed by atoms with van der Waals surface area (Å²) in [5.74, 6) is -1.58. The predicted molar refractivity (Wildman–Crippen MR) is 77.1 cm³/mol. The molecule has 0 aliphatic heterocycles. The normalized spacial score (nSPS) is 12.0. The molecule has 1 amide bonds. The van der Waals surface area contributed by atoms with Gasteiger partial charge in [0.15, 0.2) is 6.04 Å². The van der Waals surface area contributed by atoms with Gasteiger partial charge in [0.05, 0.1) is 13.2 Å². The molecule has 116 valence electrons. The zero-order valence-corrected chi connectivity index (χ0v) is 12.5. The first-order valence-electron chi connectivity index (χ1n) is 6.61. The lowest BCUT2D eigenvalue weighted by atomic mass is 10.0. The van der Waals surface area contributed by atoms with Gasteiger partial charge in [0.2, 0.25) is 5.91 Å². The number of ether oxygens (including phenoxy) is 2. The smallest absolute Gasteiger partial charge is 0.330 e. The molecule has 0 spiro atoms. The molecule has 0 saturated heterocycles. The molecule has 1 aromatic carbocycles. The minimum atomic E-state index is -1.11. The van der Waals surface area contributed by atoms with Crippen LogP contribution in [0.1, 0.15) is 22.7 Å². The maximum atomic E-state index is 11.7. The van der Waals surface area contributed by atoms with Gasteiger partial charge in [-0.25, -0.2) is 4.79 Å². The van der Waals surface area contributed by atoms with E-state index in [1.807, 2.05) is 19.9 Å². The molecule has 21 heavy (non-hydrogen) atoms. The van der Waals surface area contributed by atoms with Gasteiger partial charge in [0.25, 0.3) is 0 Å². The molecule has 0 bridgehead atoms. The number of hydrogen-bond acceptors (Lipinski definition) is 4. The average Bonchev–Trinajstić information content (AvgIpc) is 2.44. The van der Waals surface area contributed by atoms with Crippen LogP contribution in [0.15, 0.2) is 18.2 Å². The molecule has 0 radical (unpaired) electrons. The van der Waals surface area contributed by atoms with E-state index in [0.717, 1.165) is 11.1 Å². The third-order valence-electron chi connectivity index (χ3n) is 3.08. The highest BCUT2D eigenvalue weighted by atomic mass is 16.5. The predicted octanol–water partition coefficient (Wildman–Crippen LogP) is 1.21. The van der Waals surface area contributed by atoms with Crippen molar-refractivity contribution in [1.29, 1.82) is 0 Å². The fourth-order valence-corrected chi connectivity index (χ4v) is 1.74. The number of aryl methyl sites for hydroxylation is 2. The summed E-state index contributed by atoms with van der Waals surface area (Å²) in [6, 6.07) is 4.22. The Bertz CT molecular complexity index is 501. The fourth-order valence-electron chi connectivity index (χ4n) is 1.74. The lowest BCUT2D eigenvalue weighted by Gasteiger charge is -2.16. The summed E-state index contributed by atoms with van der Waals surface area (Å²) >= 11 is 0. The van der Waals surface area contributed by atoms with Gasteiger partial charge in [-0.3, -0.25) is 4.79 Å². The van der Waals surface area contributed by atoms with Crippen LogP contribution in [0.3, 0.4) is 0 Å². The van der Waals surface area contributed by atoms with Crippen molar-refractivity contribution in [1.82, 2.24) is 5.32 Å². The monoisotopic (exact) mass is 295 g/mol. The van der Waals surface area contributed by atoms with Crippen molar-refractivity contribution in [2.45, 2.75) is 19.9 Å². The summed E-state index contributed by atoms with van der Waals surface area (Å²) in [5, 5.41) is 11.7. The van der Waals surface area contributed by atoms with Crippen LogP contribution in [-0.2, 0) is 19.1 Å². The third-order valence-corrected chi connectivity index (χ3v) is 3.08. The molecular formula is C15H21NO5. The van der Waals surface area contributed by atoms with Gasteiger partial charge in [-0.15, -0.1) is 0 Å². The maximum Gasteiger partial charge on any atom is 0.330 e. The first-order chi connectivity index (χ1) is 9.95. The summed E-state index contributed by atoms with van der Waals surface area (Å²) in [6.07, 6.45) is 0. The quantitative estimate of drug-likeness (QED) is 0.704. The number of carbonyl (C=O) groups excluding carboxylic acids is 1. The summed E-state index contributed by atoms with van der Waals surface area (Å²) in [4.78, 5) is 23.0. The number of rotatable bonds is 8. The molecule has 0 aromatic heterocycles. The molecule has 1 unspecified atom stereocenters. The van der Waals surface area contributed by atoms with Crippen LogP contribution in [0, 0.1) is 13.8 Å². The van der Waals surface area contributed by atoms with Crippen molar-refractivity contribution in [2.75, 3.05) is 26.9 Å². The van der Waals surface area contributed by atoms with E-state index in [1.165, 1.54) is 7.11 Å². The van der Waals surface area contributed by atoms with E-state index in [9.17, 15) is 14.7 Å². The first-order valence-corrected chi connectivity index (χ1v) is 6.61. The number of carboxylic acid groups (broad SMARTS) is 1. The Morgan fingerprint density at radius 2 is 1.95 bits per heavy atom. The van der Waals surface area contributed by atoms with Crippen LogP contribution in [0.25, 0.3) is 0 Å². The summed E-state index contributed by atoms with van der Waals surface area (Å²) in [5.41, 5.74) is 2.58. The van der Waals surface area contributed by atoms with Gasteiger partial charge < -0.3 is 19.9 Å². The molecule has 0 saturated carbocycles. The highest BCUT2D eigenvalue weighted by molar-refractivity contribution is 5.85. The highest BCUT2D eigenvalue weighted by Gasteiger charge is 2.22. The second-order valence-electron chi connectivity index (χ2n) is 4.73. The molecule has 6 nitrogen and oxygen atoms in total. The SMILES string of the molecule is COCCOCC(=O)NC(C(=O)O)c1ccc(C)c(C)c1. The van der Waals surface area contributed by atoms with Crippen molar-refractivity contribution in [2.24, 2.45) is 0 Å². The van der Waals surface area contributed by atoms with Crippen LogP contribution in [-0.4, -0.2) is 43.9 Å². The van der Waals surface area contributed by atoms with E-state index >= 15 is 0 Å². The van der Waals surface area contributed by atoms with Gasteiger partial charge in [-0.1, -0.05) is 18.2 Å². The Hall–Kier alpha value is -1.92. The number of benzene rings is 1. The molecule has 1 aromatic rings. The van der Waals surface area contributed by atoms with Crippen LogP contribution < -0.4 is 5.32 Å². The number of hydrogen-bond donors (Lipinski definition) is 2. The summed E-state index contributed by atoms with van der Waals surface area (Å²) in [7, 11) is 1.53. The van der Waals surface area contributed by atoms with E-state index in [4.69, 9.17) is 9.47 Å². The zero-order chi connectivity index (χ0) is 15.8. The fraction of sp³-hybridized carbons (Fsp3) is 0.467. The topological polar surface area (TPSA) is 84.9 Å². The maximum absolute atomic E-state index is 11.7. The second-order valence-corrected chi connectivity index (χ2v) is 4.73. The van der Waals surface area contributed by atoms with Crippen molar-refractivity contribution in [3.63, 3.8) is 0 Å². The Kier molecular flexibility index (Phi) is 6.84. The van der Waals surface area contributed by atoms with Gasteiger partial charge in [0.1, 0.15) is 6.61 Å². The van der Waals surface area contributed by atoms with Crippen LogP contribution >= 0.6 is 0 Å². The number of carbonyl (C=O) groups is 2. The van der Waals surface area contributed by atoms with E-state index in [1.54, 1.807) is 12.1 Å². The third kappa shape index (κ3) is 5.53. The lowest BCUT2D eigenvalue weighted by Crippen LogP contribution is -2.36. The molecule has 0 fully saturated rings. The van der Waals surface area contributed by atoms with E-state index in [-0.39, 0.29) is 13.2 Å². The molecule has 0 aliphatic rings. The summed E-state index contributed by atoms with van der Waals surface area (Å²) < 4.78 is 9.85. The standard InChI is InChI=1S/C15H21NO5/c1-10-4-5-12(8-11(10)2)14(15(18)19)16-13(17)9-21-7-6-20-3/h4-5,8,14H,6-7,9H2,1-3H3,(H,16,17)(H,18,19). The second kappa shape index (κ2) is 8.39. The largest absolute Gasteiger partial charge is 0.479 e. The van der Waals surface area contributed by atoms with E-state index in [2.05, 4.69) is 5.32 Å². The number of carboxylic acids is 1. The molecular weight excluding hydrogens is 274 g/mol. The van der Waals surface area contributed by atoms with Gasteiger partial charge in [-0.05, 0) is 30.5 Å². The van der Waals surface area contributed by atoms with E-state index in [0.29, 0.717) is 12.2 Å². The van der Waals surface area contributed by atoms with Crippen LogP contribution in [0.5, 0.6) is 0 Å². The Balaban J connectivity index is 2.67. The van der Waals surface area contributed by atoms with Crippen LogP contribution in [0.4, 0.5) is 0 Å². The number of nitrogens with one attached hydrogen (secondary N) is 1. The van der Waals surface area contributed by atoms with Crippen molar-refractivity contribution < 1.29 is 24.2 Å². The van der Waals surface area contributed by atoms with Crippen molar-refractivity contribution >= 4 is 11.9 Å². The number of aliphatic carboxylic acids is 1. The Labute approximate surface area is 124 Å². The summed E-state index contributed by atoms with van der Waals surface area (Å²) in [6.45, 7) is 4.31. The molecule has 1 rings (SSSR count). The van der Waals surface area contributed by atoms with Crippen LogP contribution in [0.2, 0.25) is 0 Å². The van der Waals surface area contributed by atoms with Crippen molar-refractivity contribution in [3.8, 4) is 0 Å². The Morgan fingerprint density at radius 1 is 1.24 bits per heavy atom. The van der Waals surface area contributed by atoms with Gasteiger partial charge >= 0.3 is 5.97 Å². The zero-order valence-electron chi connectivity index (χ0n) is 12.5. The molecule has 0 heterocycles. The number of methoxy groups -OCH3 is 1.